The molecule has 0 atom stereocenters. The molecule has 132 valence electrons. The van der Waals surface area contributed by atoms with E-state index in [1.54, 1.807) is 0 Å². The molecule has 0 spiro atoms. The van der Waals surface area contributed by atoms with Crippen LogP contribution >= 0.6 is 15.9 Å². The Kier molecular flexibility index (Phi) is 8.46. The summed E-state index contributed by atoms with van der Waals surface area (Å²) in [6.07, 6.45) is 0. The van der Waals surface area contributed by atoms with E-state index in [1.807, 2.05) is 12.1 Å². The molecule has 0 N–H and O–H groups in total. The van der Waals surface area contributed by atoms with E-state index in [1.165, 1.54) is 0 Å². The Morgan fingerprint density at radius 3 is 1.58 bits per heavy atom. The van der Waals surface area contributed by atoms with Crippen molar-refractivity contribution in [3.8, 4) is 11.5 Å². The summed E-state index contributed by atoms with van der Waals surface area (Å²) in [5.74, 6) is 1.75. The molecule has 1 rings (SSSR count). The van der Waals surface area contributed by atoms with Crippen LogP contribution in [0.1, 0.15) is 0 Å². The zero-order valence-corrected chi connectivity index (χ0v) is 22.9. The summed E-state index contributed by atoms with van der Waals surface area (Å²) in [5.41, 5.74) is 0. The van der Waals surface area contributed by atoms with Gasteiger partial charge < -0.3 is 8.85 Å². The zero-order chi connectivity index (χ0) is 18.3. The van der Waals surface area contributed by atoms with Crippen LogP contribution in [0.5, 0.6) is 11.5 Å². The Bertz CT molecular complexity index is 566. The van der Waals surface area contributed by atoms with Crippen molar-refractivity contribution in [3.63, 3.8) is 0 Å². The van der Waals surface area contributed by atoms with Crippen molar-refractivity contribution in [2.75, 3.05) is 0 Å². The van der Waals surface area contributed by atoms with Crippen molar-refractivity contribution < 1.29 is 27.7 Å². The maximum atomic E-state index is 6.44. The second-order valence-electron chi connectivity index (χ2n) is 9.23. The van der Waals surface area contributed by atoms with Crippen LogP contribution in [0.25, 0.3) is 0 Å². The monoisotopic (exact) mass is 454 g/mol. The standard InChI is InChI=1S/C16H32BrO2Si4.Li/c1-20(2,3)22(7,8)18-14-11-12-16(15(17)13-14)19-23(9,10)21(4,5)6;/h12-13H,1-10H3;/q-1;+1. The van der Waals surface area contributed by atoms with Crippen LogP contribution in [0, 0.1) is 6.07 Å². The van der Waals surface area contributed by atoms with E-state index in [4.69, 9.17) is 8.85 Å². The summed E-state index contributed by atoms with van der Waals surface area (Å²) in [7, 11) is -6.01. The predicted octanol–water partition coefficient (Wildman–Crippen LogP) is 3.25. The molecular weight excluding hydrogens is 423 g/mol. The van der Waals surface area contributed by atoms with Gasteiger partial charge in [0.05, 0.1) is 15.2 Å². The Hall–Kier alpha value is 0.765. The molecule has 0 bridgehead atoms. The van der Waals surface area contributed by atoms with Crippen LogP contribution in [0.15, 0.2) is 16.6 Å². The molecule has 0 radical (unpaired) electrons. The van der Waals surface area contributed by atoms with Crippen LogP contribution in [-0.2, 0) is 0 Å². The molecule has 0 heterocycles. The van der Waals surface area contributed by atoms with Crippen molar-refractivity contribution in [2.45, 2.75) is 65.5 Å². The van der Waals surface area contributed by atoms with Gasteiger partial charge in [-0.3, -0.25) is 0 Å². The molecule has 1 aromatic carbocycles. The number of rotatable bonds is 6. The number of hydrogen-bond acceptors (Lipinski definition) is 2. The number of halogens is 1. The normalized spacial score (nSPS) is 13.3. The van der Waals surface area contributed by atoms with Crippen LogP contribution < -0.4 is 27.7 Å². The molecule has 0 fully saturated rings. The molecule has 2 nitrogen and oxygen atoms in total. The SMILES string of the molecule is C[Si](C)(C)[Si](C)(C)Oc1[c-]cc(O[Si](C)(C)[Si](C)(C)C)c(Br)c1.[Li+]. The topological polar surface area (TPSA) is 18.5 Å². The average Bonchev–Trinajstić information content (AvgIpc) is 2.29. The van der Waals surface area contributed by atoms with Crippen LogP contribution in [0.4, 0.5) is 0 Å². The van der Waals surface area contributed by atoms with Gasteiger partial charge in [-0.1, -0.05) is 55.2 Å². The van der Waals surface area contributed by atoms with Gasteiger partial charge in [-0.05, 0) is 36.4 Å². The molecule has 0 aromatic heterocycles. The third-order valence-corrected chi connectivity index (χ3v) is 36.8. The van der Waals surface area contributed by atoms with Gasteiger partial charge in [-0.15, -0.1) is 18.2 Å². The fourth-order valence-corrected chi connectivity index (χ4v) is 6.47. The Labute approximate surface area is 173 Å². The van der Waals surface area contributed by atoms with E-state index in [-0.39, 0.29) is 18.9 Å². The summed E-state index contributed by atoms with van der Waals surface area (Å²) >= 11 is 3.66. The van der Waals surface area contributed by atoms with Gasteiger partial charge in [0.2, 0.25) is 15.7 Å². The van der Waals surface area contributed by atoms with Gasteiger partial charge in [0.1, 0.15) is 0 Å². The first-order chi connectivity index (χ1) is 10.1. The maximum Gasteiger partial charge on any atom is 1.00 e. The fraction of sp³-hybridized carbons (Fsp3) is 0.625. The van der Waals surface area contributed by atoms with Gasteiger partial charge in [0.25, 0.3) is 0 Å². The minimum atomic E-state index is -1.71. The third kappa shape index (κ3) is 6.18. The first kappa shape index (κ1) is 24.8. The van der Waals surface area contributed by atoms with Crippen molar-refractivity contribution in [3.05, 3.63) is 22.7 Å². The van der Waals surface area contributed by atoms with Crippen molar-refractivity contribution in [2.24, 2.45) is 0 Å². The van der Waals surface area contributed by atoms with Crippen molar-refractivity contribution in [1.82, 2.24) is 0 Å². The Balaban J connectivity index is 0.00000529. The zero-order valence-electron chi connectivity index (χ0n) is 17.3. The quantitative estimate of drug-likeness (QED) is 0.484. The number of benzene rings is 1. The summed E-state index contributed by atoms with van der Waals surface area (Å²) in [6, 6.07) is 7.27. The van der Waals surface area contributed by atoms with Gasteiger partial charge in [-0.2, -0.15) is 0 Å². The average molecular weight is 456 g/mol. The van der Waals surface area contributed by atoms with Gasteiger partial charge in [0, 0.05) is 5.75 Å². The largest absolute Gasteiger partial charge is 1.00 e. The third-order valence-electron chi connectivity index (χ3n) is 5.18. The first-order valence-corrected chi connectivity index (χ1v) is 23.8. The summed E-state index contributed by atoms with van der Waals surface area (Å²) in [6.45, 7) is 23.6. The summed E-state index contributed by atoms with van der Waals surface area (Å²) < 4.78 is 13.8. The molecule has 0 unspecified atom stereocenters. The maximum absolute atomic E-state index is 6.44. The molecule has 0 saturated carbocycles. The molecule has 24 heavy (non-hydrogen) atoms. The van der Waals surface area contributed by atoms with E-state index in [9.17, 15) is 0 Å². The molecule has 1 aromatic rings. The summed E-state index contributed by atoms with van der Waals surface area (Å²) in [4.78, 5) is 0. The van der Waals surface area contributed by atoms with Gasteiger partial charge in [-0.25, -0.2) is 0 Å². The Morgan fingerprint density at radius 2 is 1.21 bits per heavy atom. The fourth-order valence-electron chi connectivity index (χ4n) is 1.43. The molecule has 0 aliphatic carbocycles. The minimum Gasteiger partial charge on any atom is -0.603 e. The predicted molar refractivity (Wildman–Crippen MR) is 116 cm³/mol. The second kappa shape index (κ2) is 8.20. The minimum absolute atomic E-state index is 0. The van der Waals surface area contributed by atoms with Crippen molar-refractivity contribution >= 4 is 46.8 Å². The molecule has 8 heteroatoms. The van der Waals surface area contributed by atoms with E-state index in [2.05, 4.69) is 87.5 Å². The van der Waals surface area contributed by atoms with Crippen LogP contribution in [0.2, 0.25) is 65.5 Å². The van der Waals surface area contributed by atoms with Crippen molar-refractivity contribution in [1.29, 1.82) is 0 Å². The molecular formula is C16H32BrLiO2Si4. The second-order valence-corrected chi connectivity index (χ2v) is 41.8. The number of hydrogen-bond donors (Lipinski definition) is 0. The first-order valence-electron chi connectivity index (χ1n) is 8.16. The molecule has 0 saturated heterocycles. The molecule has 0 aliphatic heterocycles. The van der Waals surface area contributed by atoms with Crippen LogP contribution in [0.3, 0.4) is 0 Å². The van der Waals surface area contributed by atoms with E-state index >= 15 is 0 Å². The van der Waals surface area contributed by atoms with E-state index in [0.29, 0.717) is 0 Å². The smallest absolute Gasteiger partial charge is 0.603 e. The van der Waals surface area contributed by atoms with Gasteiger partial charge in [0.15, 0.2) is 0 Å². The van der Waals surface area contributed by atoms with E-state index in [0.717, 1.165) is 16.0 Å². The Morgan fingerprint density at radius 1 is 0.792 bits per heavy atom. The van der Waals surface area contributed by atoms with E-state index < -0.39 is 30.9 Å². The molecule has 0 aliphatic rings. The van der Waals surface area contributed by atoms with Crippen LogP contribution in [-0.4, -0.2) is 30.9 Å². The van der Waals surface area contributed by atoms with Gasteiger partial charge >= 0.3 is 18.9 Å². The summed E-state index contributed by atoms with van der Waals surface area (Å²) in [5, 5.41) is 0. The molecule has 0 amide bonds.